The quantitative estimate of drug-likeness (QED) is 0.740. The monoisotopic (exact) mass is 374 g/mol. The van der Waals surface area contributed by atoms with Crippen molar-refractivity contribution < 1.29 is 9.59 Å². The SMILES string of the molecule is CC(C)(C=O)c1cc(Br)cc(C(C)(C)C=O)c1Br. The Kier molecular flexibility index (Phi) is 4.55. The summed E-state index contributed by atoms with van der Waals surface area (Å²) >= 11 is 6.97. The molecule has 0 bridgehead atoms. The Morgan fingerprint density at radius 2 is 1.22 bits per heavy atom. The largest absolute Gasteiger partial charge is 0.302 e. The second-order valence-electron chi connectivity index (χ2n) is 5.49. The Morgan fingerprint density at radius 1 is 0.889 bits per heavy atom. The third-order valence-corrected chi connectivity index (χ3v) is 4.33. The van der Waals surface area contributed by atoms with E-state index in [1.165, 1.54) is 0 Å². The summed E-state index contributed by atoms with van der Waals surface area (Å²) in [5, 5.41) is 0. The van der Waals surface area contributed by atoms with E-state index in [2.05, 4.69) is 31.9 Å². The standard InChI is InChI=1S/C14H16Br2O2/c1-13(2,7-17)10-5-9(15)6-11(12(10)16)14(3,4)8-18/h5-8H,1-4H3. The van der Waals surface area contributed by atoms with Crippen molar-refractivity contribution >= 4 is 44.4 Å². The molecule has 1 aromatic carbocycles. The highest BCUT2D eigenvalue weighted by atomic mass is 79.9. The predicted molar refractivity (Wildman–Crippen MR) is 80.0 cm³/mol. The van der Waals surface area contributed by atoms with Crippen LogP contribution in [0.25, 0.3) is 0 Å². The Bertz CT molecular complexity index is 450. The van der Waals surface area contributed by atoms with Crippen molar-refractivity contribution in [2.75, 3.05) is 0 Å². The van der Waals surface area contributed by atoms with E-state index in [0.29, 0.717) is 0 Å². The first-order valence-electron chi connectivity index (χ1n) is 5.58. The molecule has 18 heavy (non-hydrogen) atoms. The fourth-order valence-electron chi connectivity index (χ4n) is 1.65. The van der Waals surface area contributed by atoms with E-state index in [0.717, 1.165) is 32.6 Å². The maximum atomic E-state index is 11.2. The van der Waals surface area contributed by atoms with E-state index in [4.69, 9.17) is 0 Å². The number of aldehydes is 2. The molecule has 0 aliphatic carbocycles. The van der Waals surface area contributed by atoms with Crippen molar-refractivity contribution in [3.05, 3.63) is 32.2 Å². The van der Waals surface area contributed by atoms with Crippen LogP contribution < -0.4 is 0 Å². The number of carbonyl (C=O) groups excluding carboxylic acids is 2. The van der Waals surface area contributed by atoms with Gasteiger partial charge in [-0.05, 0) is 51.0 Å². The molecule has 0 fully saturated rings. The van der Waals surface area contributed by atoms with E-state index < -0.39 is 10.8 Å². The Morgan fingerprint density at radius 3 is 1.50 bits per heavy atom. The minimum atomic E-state index is -0.601. The zero-order valence-corrected chi connectivity index (χ0v) is 14.1. The lowest BCUT2D eigenvalue weighted by Gasteiger charge is -2.26. The number of hydrogen-bond donors (Lipinski definition) is 0. The summed E-state index contributed by atoms with van der Waals surface area (Å²) in [7, 11) is 0. The summed E-state index contributed by atoms with van der Waals surface area (Å²) in [6.45, 7) is 7.41. The summed E-state index contributed by atoms with van der Waals surface area (Å²) in [6, 6.07) is 3.81. The molecule has 98 valence electrons. The average molecular weight is 376 g/mol. The summed E-state index contributed by atoms with van der Waals surface area (Å²) in [5.74, 6) is 0. The molecule has 0 aliphatic heterocycles. The highest BCUT2D eigenvalue weighted by Crippen LogP contribution is 2.38. The first-order valence-corrected chi connectivity index (χ1v) is 7.17. The van der Waals surface area contributed by atoms with Gasteiger partial charge in [0, 0.05) is 19.8 Å². The summed E-state index contributed by atoms with van der Waals surface area (Å²) < 4.78 is 1.68. The maximum Gasteiger partial charge on any atom is 0.130 e. The molecule has 0 atom stereocenters. The van der Waals surface area contributed by atoms with Crippen LogP contribution in [0.5, 0.6) is 0 Å². The summed E-state index contributed by atoms with van der Waals surface area (Å²) in [4.78, 5) is 22.4. The minimum Gasteiger partial charge on any atom is -0.302 e. The van der Waals surface area contributed by atoms with Crippen molar-refractivity contribution in [3.8, 4) is 0 Å². The predicted octanol–water partition coefficient (Wildman–Crippen LogP) is 4.16. The molecular weight excluding hydrogens is 360 g/mol. The second kappa shape index (κ2) is 5.25. The average Bonchev–Trinajstić information content (AvgIpc) is 2.31. The van der Waals surface area contributed by atoms with Gasteiger partial charge < -0.3 is 9.59 Å². The highest BCUT2D eigenvalue weighted by molar-refractivity contribution is 9.11. The lowest BCUT2D eigenvalue weighted by molar-refractivity contribution is -0.112. The van der Waals surface area contributed by atoms with Gasteiger partial charge in [0.1, 0.15) is 12.6 Å². The van der Waals surface area contributed by atoms with Crippen LogP contribution in [-0.2, 0) is 20.4 Å². The molecule has 0 radical (unpaired) electrons. The van der Waals surface area contributed by atoms with E-state index >= 15 is 0 Å². The second-order valence-corrected chi connectivity index (χ2v) is 7.20. The molecule has 0 saturated heterocycles. The van der Waals surface area contributed by atoms with Crippen LogP contribution in [0.2, 0.25) is 0 Å². The van der Waals surface area contributed by atoms with Crippen LogP contribution >= 0.6 is 31.9 Å². The third-order valence-electron chi connectivity index (χ3n) is 3.01. The molecule has 0 amide bonds. The molecule has 4 heteroatoms. The molecule has 2 nitrogen and oxygen atoms in total. The van der Waals surface area contributed by atoms with Crippen LogP contribution in [0.15, 0.2) is 21.1 Å². The molecule has 0 heterocycles. The van der Waals surface area contributed by atoms with Crippen molar-refractivity contribution in [1.82, 2.24) is 0 Å². The van der Waals surface area contributed by atoms with Gasteiger partial charge in [0.2, 0.25) is 0 Å². The number of rotatable bonds is 4. The van der Waals surface area contributed by atoms with Crippen molar-refractivity contribution in [1.29, 1.82) is 0 Å². The summed E-state index contributed by atoms with van der Waals surface area (Å²) in [5.41, 5.74) is 0.542. The summed E-state index contributed by atoms with van der Waals surface area (Å²) in [6.07, 6.45) is 1.83. The van der Waals surface area contributed by atoms with Gasteiger partial charge in [-0.2, -0.15) is 0 Å². The zero-order chi connectivity index (χ0) is 14.1. The third kappa shape index (κ3) is 2.91. The van der Waals surface area contributed by atoms with Gasteiger partial charge in [-0.3, -0.25) is 0 Å². The van der Waals surface area contributed by atoms with Crippen LogP contribution in [0, 0.1) is 0 Å². The highest BCUT2D eigenvalue weighted by Gasteiger charge is 2.29. The van der Waals surface area contributed by atoms with Gasteiger partial charge in [-0.25, -0.2) is 0 Å². The molecule has 0 aromatic heterocycles. The molecule has 0 saturated carbocycles. The minimum absolute atomic E-state index is 0.601. The van der Waals surface area contributed by atoms with Gasteiger partial charge in [0.25, 0.3) is 0 Å². The number of benzene rings is 1. The van der Waals surface area contributed by atoms with E-state index in [-0.39, 0.29) is 0 Å². The zero-order valence-electron chi connectivity index (χ0n) is 10.9. The molecule has 1 rings (SSSR count). The van der Waals surface area contributed by atoms with Crippen LogP contribution in [0.3, 0.4) is 0 Å². The Labute approximate surface area is 124 Å². The smallest absolute Gasteiger partial charge is 0.130 e. The molecule has 0 unspecified atom stereocenters. The first-order chi connectivity index (χ1) is 8.15. The van der Waals surface area contributed by atoms with E-state index in [1.807, 2.05) is 39.8 Å². The maximum absolute atomic E-state index is 11.2. The van der Waals surface area contributed by atoms with Crippen molar-refractivity contribution in [3.63, 3.8) is 0 Å². The molecule has 0 aliphatic rings. The molecule has 1 aromatic rings. The normalized spacial score (nSPS) is 12.3. The van der Waals surface area contributed by atoms with Crippen molar-refractivity contribution in [2.24, 2.45) is 0 Å². The molecule has 0 spiro atoms. The number of hydrogen-bond acceptors (Lipinski definition) is 2. The van der Waals surface area contributed by atoms with Gasteiger partial charge in [0.05, 0.1) is 0 Å². The fourth-order valence-corrected chi connectivity index (χ4v) is 3.36. The Balaban J connectivity index is 3.60. The number of halogens is 2. The Hall–Kier alpha value is -0.480. The van der Waals surface area contributed by atoms with Gasteiger partial charge in [0.15, 0.2) is 0 Å². The van der Waals surface area contributed by atoms with Crippen LogP contribution in [0.1, 0.15) is 38.8 Å². The molecular formula is C14H16Br2O2. The first kappa shape index (κ1) is 15.6. The van der Waals surface area contributed by atoms with Crippen LogP contribution in [-0.4, -0.2) is 12.6 Å². The van der Waals surface area contributed by atoms with Gasteiger partial charge in [-0.1, -0.05) is 31.9 Å². The van der Waals surface area contributed by atoms with E-state index in [9.17, 15) is 9.59 Å². The van der Waals surface area contributed by atoms with Gasteiger partial charge in [-0.15, -0.1) is 0 Å². The van der Waals surface area contributed by atoms with Crippen LogP contribution in [0.4, 0.5) is 0 Å². The topological polar surface area (TPSA) is 34.1 Å². The lowest BCUT2D eigenvalue weighted by atomic mass is 9.80. The molecule has 0 N–H and O–H groups in total. The fraction of sp³-hybridized carbons (Fsp3) is 0.429. The van der Waals surface area contributed by atoms with E-state index in [1.54, 1.807) is 0 Å². The number of carbonyl (C=O) groups is 2. The van der Waals surface area contributed by atoms with Gasteiger partial charge >= 0.3 is 0 Å². The van der Waals surface area contributed by atoms with Crippen molar-refractivity contribution in [2.45, 2.75) is 38.5 Å². The lowest BCUT2D eigenvalue weighted by Crippen LogP contribution is -2.24.